The highest BCUT2D eigenvalue weighted by Crippen LogP contribution is 2.32. The summed E-state index contributed by atoms with van der Waals surface area (Å²) < 4.78 is 0. The number of anilines is 2. The molecule has 0 fully saturated rings. The Hall–Kier alpha value is -1.97. The van der Waals surface area contributed by atoms with E-state index in [0.29, 0.717) is 27.4 Å². The third-order valence-electron chi connectivity index (χ3n) is 2.01. The number of nitrogen functional groups attached to an aromatic ring is 2. The molecule has 0 saturated carbocycles. The third-order valence-corrected chi connectivity index (χ3v) is 3.37. The molecule has 0 aliphatic heterocycles. The third kappa shape index (κ3) is 2.83. The van der Waals surface area contributed by atoms with Gasteiger partial charge in [-0.05, 0) is 30.0 Å². The second kappa shape index (κ2) is 5.12. The van der Waals surface area contributed by atoms with Crippen molar-refractivity contribution < 1.29 is 0 Å². The first kappa shape index (κ1) is 12.5. The van der Waals surface area contributed by atoms with E-state index in [0.717, 1.165) is 4.90 Å². The summed E-state index contributed by atoms with van der Waals surface area (Å²) in [5.41, 5.74) is 11.7. The Morgan fingerprint density at radius 3 is 2.39 bits per heavy atom. The van der Waals surface area contributed by atoms with Gasteiger partial charge in [0.2, 0.25) is 0 Å². The van der Waals surface area contributed by atoms with E-state index in [4.69, 9.17) is 28.3 Å². The van der Waals surface area contributed by atoms with Gasteiger partial charge in [-0.25, -0.2) is 9.97 Å². The molecule has 7 heteroatoms. The van der Waals surface area contributed by atoms with Crippen molar-refractivity contribution >= 4 is 35.0 Å². The highest BCUT2D eigenvalue weighted by molar-refractivity contribution is 7.99. The summed E-state index contributed by atoms with van der Waals surface area (Å²) in [6, 6.07) is 8.47. The van der Waals surface area contributed by atoms with Crippen molar-refractivity contribution in [3.63, 3.8) is 0 Å². The van der Waals surface area contributed by atoms with Gasteiger partial charge in [0.05, 0.1) is 16.7 Å². The maximum absolute atomic E-state index is 8.74. The first-order chi connectivity index (χ1) is 8.58. The maximum Gasteiger partial charge on any atom is 0.196 e. The van der Waals surface area contributed by atoms with Crippen LogP contribution < -0.4 is 11.5 Å². The largest absolute Gasteiger partial charge is 0.383 e. The Labute approximate surface area is 113 Å². The highest BCUT2D eigenvalue weighted by Gasteiger charge is 2.07. The number of nitrogens with zero attached hydrogens (tertiary/aromatic N) is 3. The molecule has 0 amide bonds. The Bertz CT molecular complexity index is 618. The molecular weight excluding hydrogens is 270 g/mol. The normalized spacial score (nSPS) is 10.0. The molecule has 1 aromatic carbocycles. The van der Waals surface area contributed by atoms with Crippen LogP contribution in [0.15, 0.2) is 34.3 Å². The molecule has 0 atom stereocenters. The molecule has 5 nitrogen and oxygen atoms in total. The summed E-state index contributed by atoms with van der Waals surface area (Å²) in [7, 11) is 0. The molecule has 2 aromatic rings. The molecule has 0 spiro atoms. The van der Waals surface area contributed by atoms with Gasteiger partial charge in [-0.2, -0.15) is 5.26 Å². The predicted molar refractivity (Wildman–Crippen MR) is 71.1 cm³/mol. The average Bonchev–Trinajstić information content (AvgIpc) is 2.30. The van der Waals surface area contributed by atoms with E-state index in [1.807, 2.05) is 6.07 Å². The van der Waals surface area contributed by atoms with Crippen LogP contribution in [-0.2, 0) is 0 Å². The number of hydrogen-bond donors (Lipinski definition) is 2. The molecule has 18 heavy (non-hydrogen) atoms. The van der Waals surface area contributed by atoms with Gasteiger partial charge in [0, 0.05) is 11.0 Å². The van der Waals surface area contributed by atoms with Gasteiger partial charge in [0.1, 0.15) is 11.6 Å². The zero-order valence-electron chi connectivity index (χ0n) is 9.09. The SMILES string of the molecule is N#Cc1ccc(Sc2nc(N)cc(N)n2)c(Cl)c1. The predicted octanol–water partition coefficient (Wildman–Crippen LogP) is 2.32. The smallest absolute Gasteiger partial charge is 0.196 e. The molecule has 0 radical (unpaired) electrons. The fourth-order valence-electron chi connectivity index (χ4n) is 1.26. The first-order valence-electron chi connectivity index (χ1n) is 4.86. The molecule has 4 N–H and O–H groups in total. The summed E-state index contributed by atoms with van der Waals surface area (Å²) in [4.78, 5) is 8.81. The second-order valence-corrected chi connectivity index (χ2v) is 4.78. The minimum absolute atomic E-state index is 0.301. The monoisotopic (exact) mass is 277 g/mol. The van der Waals surface area contributed by atoms with Gasteiger partial charge in [0.25, 0.3) is 0 Å². The highest BCUT2D eigenvalue weighted by atomic mass is 35.5. The first-order valence-corrected chi connectivity index (χ1v) is 6.05. The lowest BCUT2D eigenvalue weighted by Gasteiger charge is -2.04. The quantitative estimate of drug-likeness (QED) is 0.817. The van der Waals surface area contributed by atoms with Crippen LogP contribution in [0.2, 0.25) is 5.02 Å². The van der Waals surface area contributed by atoms with Gasteiger partial charge in [-0.1, -0.05) is 11.6 Å². The van der Waals surface area contributed by atoms with Crippen LogP contribution in [0.5, 0.6) is 0 Å². The van der Waals surface area contributed by atoms with Gasteiger partial charge in [-0.15, -0.1) is 0 Å². The standard InChI is InChI=1S/C11H8ClN5S/c12-7-3-6(5-13)1-2-8(7)18-11-16-9(14)4-10(15)17-11/h1-4H,(H4,14,15,16,17). The van der Waals surface area contributed by atoms with Gasteiger partial charge in [-0.3, -0.25) is 0 Å². The summed E-state index contributed by atoms with van der Waals surface area (Å²) in [6.07, 6.45) is 0. The number of rotatable bonds is 2. The zero-order valence-corrected chi connectivity index (χ0v) is 10.7. The van der Waals surface area contributed by atoms with Crippen LogP contribution in [0, 0.1) is 11.3 Å². The number of nitrogens with two attached hydrogens (primary N) is 2. The van der Waals surface area contributed by atoms with Crippen LogP contribution in [0.4, 0.5) is 11.6 Å². The number of hydrogen-bond acceptors (Lipinski definition) is 6. The van der Waals surface area contributed by atoms with Crippen molar-refractivity contribution in [2.45, 2.75) is 10.1 Å². The second-order valence-electron chi connectivity index (χ2n) is 3.36. The summed E-state index contributed by atoms with van der Waals surface area (Å²) in [5, 5.41) is 9.62. The summed E-state index contributed by atoms with van der Waals surface area (Å²) in [5.74, 6) is 0.601. The lowest BCUT2D eigenvalue weighted by Crippen LogP contribution is -1.99. The Morgan fingerprint density at radius 1 is 1.17 bits per heavy atom. The zero-order chi connectivity index (χ0) is 13.1. The number of benzene rings is 1. The van der Waals surface area contributed by atoms with Crippen molar-refractivity contribution in [1.82, 2.24) is 9.97 Å². The number of nitriles is 1. The molecule has 1 aromatic heterocycles. The minimum atomic E-state index is 0.301. The molecular formula is C11H8ClN5S. The molecule has 0 bridgehead atoms. The van der Waals surface area contributed by atoms with Crippen LogP contribution in [0.1, 0.15) is 5.56 Å². The van der Waals surface area contributed by atoms with Gasteiger partial charge >= 0.3 is 0 Å². The molecule has 0 saturated heterocycles. The number of aromatic nitrogens is 2. The van der Waals surface area contributed by atoms with Gasteiger partial charge < -0.3 is 11.5 Å². The Kier molecular flexibility index (Phi) is 3.55. The van der Waals surface area contributed by atoms with Crippen molar-refractivity contribution in [3.05, 3.63) is 34.9 Å². The lowest BCUT2D eigenvalue weighted by atomic mass is 10.2. The number of halogens is 1. The van der Waals surface area contributed by atoms with Crippen LogP contribution in [0.25, 0.3) is 0 Å². The van der Waals surface area contributed by atoms with Crippen molar-refractivity contribution in [2.75, 3.05) is 11.5 Å². The van der Waals surface area contributed by atoms with E-state index in [1.165, 1.54) is 17.8 Å². The summed E-state index contributed by atoms with van der Waals surface area (Å²) >= 11 is 7.29. The molecule has 90 valence electrons. The van der Waals surface area contributed by atoms with E-state index >= 15 is 0 Å². The Balaban J connectivity index is 2.31. The van der Waals surface area contributed by atoms with Crippen molar-refractivity contribution in [2.24, 2.45) is 0 Å². The molecule has 0 aliphatic carbocycles. The molecule has 1 heterocycles. The van der Waals surface area contributed by atoms with Crippen LogP contribution >= 0.6 is 23.4 Å². The van der Waals surface area contributed by atoms with E-state index in [2.05, 4.69) is 9.97 Å². The van der Waals surface area contributed by atoms with Crippen LogP contribution in [-0.4, -0.2) is 9.97 Å². The fraction of sp³-hybridized carbons (Fsp3) is 0. The fourth-order valence-corrected chi connectivity index (χ4v) is 2.35. The van der Waals surface area contributed by atoms with E-state index in [1.54, 1.807) is 18.2 Å². The maximum atomic E-state index is 8.74. The topological polar surface area (TPSA) is 102 Å². The van der Waals surface area contributed by atoms with Crippen molar-refractivity contribution in [1.29, 1.82) is 5.26 Å². The Morgan fingerprint density at radius 2 is 1.83 bits per heavy atom. The van der Waals surface area contributed by atoms with Gasteiger partial charge in [0.15, 0.2) is 5.16 Å². The van der Waals surface area contributed by atoms with Crippen LogP contribution in [0.3, 0.4) is 0 Å². The van der Waals surface area contributed by atoms with E-state index in [9.17, 15) is 0 Å². The van der Waals surface area contributed by atoms with E-state index < -0.39 is 0 Å². The average molecular weight is 278 g/mol. The summed E-state index contributed by atoms with van der Waals surface area (Å²) in [6.45, 7) is 0. The van der Waals surface area contributed by atoms with Crippen molar-refractivity contribution in [3.8, 4) is 6.07 Å². The molecule has 0 aliphatic rings. The minimum Gasteiger partial charge on any atom is -0.383 e. The van der Waals surface area contributed by atoms with E-state index in [-0.39, 0.29) is 0 Å². The molecule has 0 unspecified atom stereocenters. The molecule has 2 rings (SSSR count). The lowest BCUT2D eigenvalue weighted by molar-refractivity contribution is 0.984.